The molecule has 2 aliphatic rings. The molecule has 8 aromatic carbocycles. The molecular weight excluding hydrogens is 677 g/mol. The normalized spacial score (nSPS) is 14.6. The minimum atomic E-state index is -0.495. The second-order valence-electron chi connectivity index (χ2n) is 15.9. The molecule has 0 saturated carbocycles. The standard InChI is InChI=1S/C55H42O/c1-36-31-50-53(46-22-11-10-21-44(36)46)47-30-28-38(35-49(47)55(50,42-17-4-2-5-18-42)43-19-6-3-7-20-43)34-41(33-37-27-29-39-15-8-9-16-40(39)32-37)45-24-14-26-52-54(45)48-23-12-13-25-51(48)56-52/h2-7,10-14,17-32,34-35H,8-9,15-16,33H2,1H3/b41-34-. The Hall–Kier alpha value is -6.44. The van der Waals surface area contributed by atoms with Gasteiger partial charge in [0.1, 0.15) is 11.2 Å². The van der Waals surface area contributed by atoms with Gasteiger partial charge < -0.3 is 4.42 Å². The van der Waals surface area contributed by atoms with Crippen LogP contribution in [0.25, 0.3) is 55.5 Å². The van der Waals surface area contributed by atoms with E-state index in [0.29, 0.717) is 0 Å². The number of fused-ring (bicyclic) bond motifs is 9. The largest absolute Gasteiger partial charge is 0.456 e. The summed E-state index contributed by atoms with van der Waals surface area (Å²) in [6.07, 6.45) is 8.22. The van der Waals surface area contributed by atoms with Gasteiger partial charge >= 0.3 is 0 Å². The first-order chi connectivity index (χ1) is 27.7. The minimum absolute atomic E-state index is 0.495. The molecule has 9 aromatic rings. The zero-order chi connectivity index (χ0) is 37.2. The lowest BCUT2D eigenvalue weighted by atomic mass is 9.67. The average molecular weight is 719 g/mol. The monoisotopic (exact) mass is 718 g/mol. The van der Waals surface area contributed by atoms with Crippen molar-refractivity contribution < 1.29 is 4.42 Å². The Kier molecular flexibility index (Phi) is 7.71. The Morgan fingerprint density at radius 2 is 1.25 bits per heavy atom. The van der Waals surface area contributed by atoms with Crippen molar-refractivity contribution in [3.05, 3.63) is 225 Å². The highest BCUT2D eigenvalue weighted by atomic mass is 16.3. The van der Waals surface area contributed by atoms with Crippen LogP contribution in [0.1, 0.15) is 68.5 Å². The van der Waals surface area contributed by atoms with Gasteiger partial charge in [0.05, 0.1) is 5.41 Å². The summed E-state index contributed by atoms with van der Waals surface area (Å²) in [6.45, 7) is 2.27. The fourth-order valence-corrected chi connectivity index (χ4v) is 10.2. The Morgan fingerprint density at radius 1 is 0.571 bits per heavy atom. The van der Waals surface area contributed by atoms with Gasteiger partial charge in [-0.15, -0.1) is 0 Å². The van der Waals surface area contributed by atoms with Gasteiger partial charge in [0.15, 0.2) is 0 Å². The van der Waals surface area contributed by atoms with Gasteiger partial charge in [0, 0.05) is 10.8 Å². The van der Waals surface area contributed by atoms with Gasteiger partial charge in [-0.3, -0.25) is 0 Å². The molecule has 0 spiro atoms. The molecule has 0 bridgehead atoms. The summed E-state index contributed by atoms with van der Waals surface area (Å²) < 4.78 is 6.46. The molecule has 0 amide bonds. The molecule has 1 nitrogen and oxygen atoms in total. The van der Waals surface area contributed by atoms with Crippen molar-refractivity contribution in [1.82, 2.24) is 0 Å². The van der Waals surface area contributed by atoms with Crippen LogP contribution in [0, 0.1) is 6.92 Å². The van der Waals surface area contributed by atoms with Crippen LogP contribution in [0.4, 0.5) is 0 Å². The molecule has 268 valence electrons. The Labute approximate surface area is 328 Å². The maximum atomic E-state index is 6.46. The molecule has 0 N–H and O–H groups in total. The van der Waals surface area contributed by atoms with Crippen LogP contribution in [0.3, 0.4) is 0 Å². The molecule has 1 heteroatoms. The molecule has 56 heavy (non-hydrogen) atoms. The Morgan fingerprint density at radius 3 is 2.04 bits per heavy atom. The van der Waals surface area contributed by atoms with Gasteiger partial charge in [-0.05, 0) is 140 Å². The van der Waals surface area contributed by atoms with E-state index in [1.165, 1.54) is 114 Å². The third-order valence-corrected chi connectivity index (χ3v) is 12.7. The molecule has 0 atom stereocenters. The number of rotatable bonds is 6. The Balaban J connectivity index is 1.18. The maximum Gasteiger partial charge on any atom is 0.136 e. The van der Waals surface area contributed by atoms with Gasteiger partial charge in [-0.1, -0.05) is 158 Å². The fraction of sp³-hybridized carbons (Fsp3) is 0.127. The van der Waals surface area contributed by atoms with E-state index in [9.17, 15) is 0 Å². The second-order valence-corrected chi connectivity index (χ2v) is 15.9. The SMILES string of the molecule is Cc1cc2c(c3ccccc13)-c1ccc(/C=C(/Cc3ccc4c(c3)CCCC4)c3cccc4oc5ccccc5c34)cc1C2(c1ccccc1)c1ccccc1. The van der Waals surface area contributed by atoms with Crippen molar-refractivity contribution in [3.63, 3.8) is 0 Å². The first kappa shape index (κ1) is 32.9. The van der Waals surface area contributed by atoms with E-state index in [1.807, 2.05) is 0 Å². The minimum Gasteiger partial charge on any atom is -0.456 e. The number of furan rings is 1. The van der Waals surface area contributed by atoms with Gasteiger partial charge in [0.2, 0.25) is 0 Å². The number of allylic oxidation sites excluding steroid dienone is 1. The quantitative estimate of drug-likeness (QED) is 0.156. The van der Waals surface area contributed by atoms with Crippen LogP contribution in [-0.4, -0.2) is 0 Å². The van der Waals surface area contributed by atoms with Crippen molar-refractivity contribution in [2.45, 2.75) is 44.4 Å². The molecule has 0 unspecified atom stereocenters. The van der Waals surface area contributed by atoms with E-state index in [-0.39, 0.29) is 0 Å². The molecule has 1 heterocycles. The summed E-state index contributed by atoms with van der Waals surface area (Å²) in [7, 11) is 0. The summed E-state index contributed by atoms with van der Waals surface area (Å²) in [5, 5.41) is 4.97. The van der Waals surface area contributed by atoms with Gasteiger partial charge in [-0.2, -0.15) is 0 Å². The average Bonchev–Trinajstić information content (AvgIpc) is 3.78. The topological polar surface area (TPSA) is 13.1 Å². The number of hydrogen-bond acceptors (Lipinski definition) is 1. The summed E-state index contributed by atoms with van der Waals surface area (Å²) >= 11 is 0. The molecule has 0 fully saturated rings. The van der Waals surface area contributed by atoms with Crippen molar-refractivity contribution >= 4 is 44.4 Å². The molecule has 2 aliphatic carbocycles. The third kappa shape index (κ3) is 5.07. The highest BCUT2D eigenvalue weighted by Crippen LogP contribution is 2.58. The number of benzene rings is 8. The fourth-order valence-electron chi connectivity index (χ4n) is 10.2. The third-order valence-electron chi connectivity index (χ3n) is 12.7. The van der Waals surface area contributed by atoms with Crippen molar-refractivity contribution in [2.24, 2.45) is 0 Å². The van der Waals surface area contributed by atoms with E-state index in [0.717, 1.165) is 23.0 Å². The summed E-state index contributed by atoms with van der Waals surface area (Å²) in [5.74, 6) is 0. The second kappa shape index (κ2) is 13.1. The first-order valence-electron chi connectivity index (χ1n) is 20.2. The lowest BCUT2D eigenvalue weighted by molar-refractivity contribution is 0.669. The van der Waals surface area contributed by atoms with Crippen LogP contribution in [0.15, 0.2) is 174 Å². The molecule has 11 rings (SSSR count). The van der Waals surface area contributed by atoms with Crippen LogP contribution >= 0.6 is 0 Å². The van der Waals surface area contributed by atoms with Crippen molar-refractivity contribution in [3.8, 4) is 11.1 Å². The van der Waals surface area contributed by atoms with E-state index in [4.69, 9.17) is 4.42 Å². The smallest absolute Gasteiger partial charge is 0.136 e. The highest BCUT2D eigenvalue weighted by molar-refractivity contribution is 6.12. The molecule has 0 radical (unpaired) electrons. The first-order valence-corrected chi connectivity index (χ1v) is 20.2. The van der Waals surface area contributed by atoms with Gasteiger partial charge in [-0.25, -0.2) is 0 Å². The van der Waals surface area contributed by atoms with Crippen LogP contribution in [0.2, 0.25) is 0 Å². The predicted octanol–water partition coefficient (Wildman–Crippen LogP) is 14.1. The molecule has 1 aromatic heterocycles. The summed E-state index contributed by atoms with van der Waals surface area (Å²) in [5.41, 5.74) is 18.7. The molecular formula is C55H42O. The van der Waals surface area contributed by atoms with Gasteiger partial charge in [0.25, 0.3) is 0 Å². The Bertz CT molecular complexity index is 2960. The van der Waals surface area contributed by atoms with Crippen LogP contribution in [-0.2, 0) is 24.7 Å². The van der Waals surface area contributed by atoms with E-state index >= 15 is 0 Å². The summed E-state index contributed by atoms with van der Waals surface area (Å²) in [4.78, 5) is 0. The zero-order valence-corrected chi connectivity index (χ0v) is 31.7. The molecule has 0 aliphatic heterocycles. The lowest BCUT2D eigenvalue weighted by Gasteiger charge is -2.34. The number of aryl methyl sites for hydroxylation is 3. The molecule has 0 saturated heterocycles. The van der Waals surface area contributed by atoms with Crippen molar-refractivity contribution in [2.75, 3.05) is 0 Å². The van der Waals surface area contributed by atoms with E-state index < -0.39 is 5.41 Å². The highest BCUT2D eigenvalue weighted by Gasteiger charge is 2.47. The zero-order valence-electron chi connectivity index (χ0n) is 31.7. The van der Waals surface area contributed by atoms with Crippen LogP contribution in [0.5, 0.6) is 0 Å². The predicted molar refractivity (Wildman–Crippen MR) is 234 cm³/mol. The lowest BCUT2D eigenvalue weighted by Crippen LogP contribution is -2.28. The maximum absolute atomic E-state index is 6.46. The number of para-hydroxylation sites is 1. The number of hydrogen-bond donors (Lipinski definition) is 0. The van der Waals surface area contributed by atoms with Crippen LogP contribution < -0.4 is 0 Å². The van der Waals surface area contributed by atoms with E-state index in [2.05, 4.69) is 183 Å². The van der Waals surface area contributed by atoms with Crippen molar-refractivity contribution in [1.29, 1.82) is 0 Å². The van der Waals surface area contributed by atoms with E-state index in [1.54, 1.807) is 0 Å². The summed E-state index contributed by atoms with van der Waals surface area (Å²) in [6, 6.07) is 63.3.